The van der Waals surface area contributed by atoms with Crippen LogP contribution in [0.15, 0.2) is 58.1 Å². The van der Waals surface area contributed by atoms with Crippen molar-refractivity contribution in [3.05, 3.63) is 76.4 Å². The van der Waals surface area contributed by atoms with E-state index in [1.807, 2.05) is 31.2 Å². The molecule has 27 heavy (non-hydrogen) atoms. The van der Waals surface area contributed by atoms with E-state index in [0.717, 1.165) is 16.3 Å². The lowest BCUT2D eigenvalue weighted by Crippen LogP contribution is -2.27. The number of aryl methyl sites for hydroxylation is 1. The molecule has 1 saturated heterocycles. The first-order valence-electron chi connectivity index (χ1n) is 8.44. The summed E-state index contributed by atoms with van der Waals surface area (Å²) in [6.07, 6.45) is 1.67. The molecule has 2 aromatic carbocycles. The average molecular weight is 381 g/mol. The Morgan fingerprint density at radius 1 is 1.22 bits per heavy atom. The topological polar surface area (TPSA) is 59.2 Å². The highest BCUT2D eigenvalue weighted by Gasteiger charge is 2.26. The van der Waals surface area contributed by atoms with Crippen LogP contribution >= 0.6 is 11.8 Å². The minimum absolute atomic E-state index is 0.0572. The van der Waals surface area contributed by atoms with Crippen LogP contribution in [0.5, 0.6) is 0 Å². The highest BCUT2D eigenvalue weighted by molar-refractivity contribution is 8.03. The molecule has 3 aromatic rings. The minimum Gasteiger partial charge on any atom is -0.334 e. The molecule has 0 radical (unpaired) electrons. The molecule has 0 spiro atoms. The fourth-order valence-electron chi connectivity index (χ4n) is 2.86. The molecule has 0 saturated carbocycles. The standard InChI is InChI=1S/C20H16FN3O2S/c1-13-6-2-3-7-14(13)20(25)24-10-11-27-18(24)12-17-22-19(23-26-17)15-8-4-5-9-16(15)21/h2-9,12H,10-11H2,1H3/b18-12+. The Bertz CT molecular complexity index is 1030. The van der Waals surface area contributed by atoms with Crippen molar-refractivity contribution in [1.82, 2.24) is 15.0 Å². The van der Waals surface area contributed by atoms with E-state index in [-0.39, 0.29) is 23.2 Å². The van der Waals surface area contributed by atoms with Gasteiger partial charge in [0.05, 0.1) is 10.6 Å². The van der Waals surface area contributed by atoms with Crippen LogP contribution in [0.3, 0.4) is 0 Å². The van der Waals surface area contributed by atoms with E-state index >= 15 is 0 Å². The summed E-state index contributed by atoms with van der Waals surface area (Å²) in [7, 11) is 0. The third-order valence-corrected chi connectivity index (χ3v) is 5.28. The molecule has 2 heterocycles. The highest BCUT2D eigenvalue weighted by atomic mass is 32.2. The predicted molar refractivity (Wildman–Crippen MR) is 102 cm³/mol. The van der Waals surface area contributed by atoms with Crippen molar-refractivity contribution < 1.29 is 13.7 Å². The van der Waals surface area contributed by atoms with Gasteiger partial charge in [-0.15, -0.1) is 11.8 Å². The summed E-state index contributed by atoms with van der Waals surface area (Å²) in [5.41, 5.74) is 1.87. The van der Waals surface area contributed by atoms with Crippen LogP contribution in [0.25, 0.3) is 17.5 Å². The maximum Gasteiger partial charge on any atom is 0.258 e. The van der Waals surface area contributed by atoms with Gasteiger partial charge in [-0.1, -0.05) is 35.5 Å². The van der Waals surface area contributed by atoms with E-state index < -0.39 is 5.82 Å². The van der Waals surface area contributed by atoms with E-state index in [1.54, 1.807) is 40.9 Å². The van der Waals surface area contributed by atoms with E-state index in [0.29, 0.717) is 12.1 Å². The fourth-order valence-corrected chi connectivity index (χ4v) is 3.86. The average Bonchev–Trinajstić information content (AvgIpc) is 3.32. The Morgan fingerprint density at radius 2 is 2.00 bits per heavy atom. The smallest absolute Gasteiger partial charge is 0.258 e. The monoisotopic (exact) mass is 381 g/mol. The van der Waals surface area contributed by atoms with Gasteiger partial charge >= 0.3 is 0 Å². The Morgan fingerprint density at radius 3 is 2.81 bits per heavy atom. The normalized spacial score (nSPS) is 15.5. The SMILES string of the molecule is Cc1ccccc1C(=O)N1CCS/C1=C/c1nc(-c2ccccc2F)no1. The van der Waals surface area contributed by atoms with Gasteiger partial charge in [0.2, 0.25) is 5.82 Å². The van der Waals surface area contributed by atoms with Crippen LogP contribution in [-0.4, -0.2) is 33.2 Å². The molecule has 0 bridgehead atoms. The number of rotatable bonds is 3. The Hall–Kier alpha value is -2.93. The van der Waals surface area contributed by atoms with Gasteiger partial charge in [0.25, 0.3) is 11.8 Å². The number of thioether (sulfide) groups is 1. The number of aromatic nitrogens is 2. The lowest BCUT2D eigenvalue weighted by atomic mass is 10.1. The molecule has 1 amide bonds. The third-order valence-electron chi connectivity index (χ3n) is 4.25. The summed E-state index contributed by atoms with van der Waals surface area (Å²) in [5.74, 6) is 0.736. The maximum absolute atomic E-state index is 13.9. The summed E-state index contributed by atoms with van der Waals surface area (Å²) >= 11 is 1.55. The Kier molecular flexibility index (Phi) is 4.77. The molecule has 0 unspecified atom stereocenters. The molecule has 1 aromatic heterocycles. The first-order valence-corrected chi connectivity index (χ1v) is 9.42. The zero-order valence-corrected chi connectivity index (χ0v) is 15.4. The number of amides is 1. The molecule has 0 N–H and O–H groups in total. The zero-order chi connectivity index (χ0) is 18.8. The Balaban J connectivity index is 1.61. The van der Waals surface area contributed by atoms with E-state index in [1.165, 1.54) is 6.07 Å². The van der Waals surface area contributed by atoms with Crippen LogP contribution in [0.1, 0.15) is 21.8 Å². The quantitative estimate of drug-likeness (QED) is 0.674. The largest absolute Gasteiger partial charge is 0.334 e. The lowest BCUT2D eigenvalue weighted by Gasteiger charge is -2.17. The molecular weight excluding hydrogens is 365 g/mol. The van der Waals surface area contributed by atoms with Gasteiger partial charge in [0, 0.05) is 23.9 Å². The minimum atomic E-state index is -0.413. The van der Waals surface area contributed by atoms with Crippen molar-refractivity contribution in [2.75, 3.05) is 12.3 Å². The van der Waals surface area contributed by atoms with Gasteiger partial charge < -0.3 is 9.42 Å². The second-order valence-corrected chi connectivity index (χ2v) is 7.15. The first kappa shape index (κ1) is 17.5. The summed E-state index contributed by atoms with van der Waals surface area (Å²) < 4.78 is 19.1. The summed E-state index contributed by atoms with van der Waals surface area (Å²) in [6.45, 7) is 2.52. The molecule has 1 aliphatic heterocycles. The fraction of sp³-hybridized carbons (Fsp3) is 0.150. The van der Waals surface area contributed by atoms with Crippen LogP contribution < -0.4 is 0 Å². The molecule has 7 heteroatoms. The molecule has 5 nitrogen and oxygen atoms in total. The maximum atomic E-state index is 13.9. The van der Waals surface area contributed by atoms with Crippen LogP contribution in [0.2, 0.25) is 0 Å². The second kappa shape index (κ2) is 7.36. The summed E-state index contributed by atoms with van der Waals surface area (Å²) in [5, 5.41) is 4.59. The van der Waals surface area contributed by atoms with Crippen LogP contribution in [0, 0.1) is 12.7 Å². The Labute approximate surface area is 159 Å². The summed E-state index contributed by atoms with van der Waals surface area (Å²) in [4.78, 5) is 18.8. The van der Waals surface area contributed by atoms with Crippen molar-refractivity contribution >= 4 is 23.7 Å². The van der Waals surface area contributed by atoms with Crippen LogP contribution in [-0.2, 0) is 0 Å². The number of carbonyl (C=O) groups excluding carboxylic acids is 1. The van der Waals surface area contributed by atoms with E-state index in [9.17, 15) is 9.18 Å². The van der Waals surface area contributed by atoms with Gasteiger partial charge in [-0.3, -0.25) is 4.79 Å². The highest BCUT2D eigenvalue weighted by Crippen LogP contribution is 2.32. The molecule has 136 valence electrons. The van der Waals surface area contributed by atoms with Crippen molar-refractivity contribution in [3.8, 4) is 11.4 Å². The predicted octanol–water partition coefficient (Wildman–Crippen LogP) is 4.37. The first-order chi connectivity index (χ1) is 13.1. The molecule has 1 fully saturated rings. The molecule has 0 aliphatic carbocycles. The van der Waals surface area contributed by atoms with E-state index in [4.69, 9.17) is 4.52 Å². The number of hydrogen-bond donors (Lipinski definition) is 0. The van der Waals surface area contributed by atoms with Gasteiger partial charge in [0.1, 0.15) is 5.82 Å². The van der Waals surface area contributed by atoms with Crippen molar-refractivity contribution in [3.63, 3.8) is 0 Å². The van der Waals surface area contributed by atoms with Gasteiger partial charge in [-0.2, -0.15) is 4.98 Å². The third kappa shape index (κ3) is 3.50. The molecule has 4 rings (SSSR count). The van der Waals surface area contributed by atoms with Crippen molar-refractivity contribution in [2.24, 2.45) is 0 Å². The number of carbonyl (C=O) groups is 1. The molecular formula is C20H16FN3O2S. The zero-order valence-electron chi connectivity index (χ0n) is 14.6. The summed E-state index contributed by atoms with van der Waals surface area (Å²) in [6, 6.07) is 13.7. The number of halogens is 1. The number of hydrogen-bond acceptors (Lipinski definition) is 5. The van der Waals surface area contributed by atoms with E-state index in [2.05, 4.69) is 10.1 Å². The van der Waals surface area contributed by atoms with Gasteiger partial charge in [-0.25, -0.2) is 4.39 Å². The van der Waals surface area contributed by atoms with Crippen molar-refractivity contribution in [1.29, 1.82) is 0 Å². The van der Waals surface area contributed by atoms with Crippen molar-refractivity contribution in [2.45, 2.75) is 6.92 Å². The number of nitrogens with zero attached hydrogens (tertiary/aromatic N) is 3. The second-order valence-electron chi connectivity index (χ2n) is 6.04. The van der Waals surface area contributed by atoms with Gasteiger partial charge in [-0.05, 0) is 30.7 Å². The van der Waals surface area contributed by atoms with Crippen LogP contribution in [0.4, 0.5) is 4.39 Å². The number of benzene rings is 2. The molecule has 1 aliphatic rings. The lowest BCUT2D eigenvalue weighted by molar-refractivity contribution is 0.0830. The van der Waals surface area contributed by atoms with Gasteiger partial charge in [0.15, 0.2) is 0 Å². The molecule has 0 atom stereocenters.